The van der Waals surface area contributed by atoms with Crippen LogP contribution in [-0.4, -0.2) is 10.9 Å². The first-order valence-electron chi connectivity index (χ1n) is 3.28. The Morgan fingerprint density at radius 3 is 2.00 bits per heavy atom. The third kappa shape index (κ3) is 5.72. The smallest absolute Gasteiger partial charge is 0.0112 e. The maximum atomic E-state index is 11.4. The van der Waals surface area contributed by atoms with Crippen molar-refractivity contribution in [2.24, 2.45) is 0 Å². The van der Waals surface area contributed by atoms with Gasteiger partial charge < -0.3 is 4.89 Å². The second-order valence-electron chi connectivity index (χ2n) is 3.13. The zero-order valence-corrected chi connectivity index (χ0v) is 9.41. The number of hydrogen-bond donors (Lipinski definition) is 0. The molecular formula is C6H14OPS2-. The van der Waals surface area contributed by atoms with Crippen molar-refractivity contribution in [1.29, 1.82) is 0 Å². The Bertz CT molecular complexity index is 150. The summed E-state index contributed by atoms with van der Waals surface area (Å²) in [4.78, 5) is 11.4. The van der Waals surface area contributed by atoms with Gasteiger partial charge in [-0.2, -0.15) is 0 Å². The van der Waals surface area contributed by atoms with E-state index in [1.165, 1.54) is 11.4 Å². The van der Waals surface area contributed by atoms with E-state index in [9.17, 15) is 4.89 Å². The maximum absolute atomic E-state index is 11.4. The fourth-order valence-electron chi connectivity index (χ4n) is 0.482. The fraction of sp³-hybridized carbons (Fsp3) is 1.00. The van der Waals surface area contributed by atoms with Crippen LogP contribution in [0, 0.1) is 0 Å². The lowest BCUT2D eigenvalue weighted by atomic mass is 10.3. The molecule has 0 fully saturated rings. The van der Waals surface area contributed by atoms with E-state index in [1.54, 1.807) is 0 Å². The minimum absolute atomic E-state index is 0.0350. The predicted molar refractivity (Wildman–Crippen MR) is 52.2 cm³/mol. The normalized spacial score (nSPS) is 18.5. The standard InChI is InChI=1S/C6H15OPS2/c1-5-8(7,9)10-6(2,3)4/h5H2,1-4H3,(H,7,9)/p-1. The lowest BCUT2D eigenvalue weighted by Gasteiger charge is -2.32. The van der Waals surface area contributed by atoms with Crippen molar-refractivity contribution in [1.82, 2.24) is 0 Å². The Labute approximate surface area is 72.4 Å². The minimum atomic E-state index is -2.29. The van der Waals surface area contributed by atoms with Crippen molar-refractivity contribution in [3.63, 3.8) is 0 Å². The molecule has 0 amide bonds. The molecule has 0 rings (SSSR count). The van der Waals surface area contributed by atoms with E-state index in [4.69, 9.17) is 11.8 Å². The molecule has 4 heteroatoms. The highest BCUT2D eigenvalue weighted by molar-refractivity contribution is 8.69. The first-order valence-corrected chi connectivity index (χ1v) is 7.60. The van der Waals surface area contributed by atoms with Gasteiger partial charge in [-0.05, 0) is 6.16 Å². The Morgan fingerprint density at radius 1 is 1.50 bits per heavy atom. The number of hydrogen-bond acceptors (Lipinski definition) is 3. The summed E-state index contributed by atoms with van der Waals surface area (Å²) in [7, 11) is 0. The second-order valence-corrected chi connectivity index (χ2v) is 11.2. The molecule has 0 aliphatic heterocycles. The highest BCUT2D eigenvalue weighted by atomic mass is 32.9. The van der Waals surface area contributed by atoms with Crippen LogP contribution in [-0.2, 0) is 11.8 Å². The summed E-state index contributed by atoms with van der Waals surface area (Å²) in [5.74, 6) is 0. The van der Waals surface area contributed by atoms with Gasteiger partial charge in [-0.3, -0.25) is 0 Å². The maximum Gasteiger partial charge on any atom is 0.0112 e. The van der Waals surface area contributed by atoms with Gasteiger partial charge in [-0.1, -0.05) is 33.2 Å². The highest BCUT2D eigenvalue weighted by Gasteiger charge is 2.14. The van der Waals surface area contributed by atoms with Gasteiger partial charge in [0.1, 0.15) is 0 Å². The van der Waals surface area contributed by atoms with Crippen LogP contribution >= 0.6 is 16.8 Å². The van der Waals surface area contributed by atoms with Gasteiger partial charge in [0.15, 0.2) is 0 Å². The molecule has 1 nitrogen and oxygen atoms in total. The monoisotopic (exact) mass is 197 g/mol. The van der Waals surface area contributed by atoms with Crippen LogP contribution < -0.4 is 4.89 Å². The van der Waals surface area contributed by atoms with Gasteiger partial charge in [0.05, 0.1) is 0 Å². The SMILES string of the molecule is CCP([O-])(=S)SC(C)(C)C. The third-order valence-corrected chi connectivity index (χ3v) is 7.10. The van der Waals surface area contributed by atoms with E-state index in [2.05, 4.69) is 0 Å². The van der Waals surface area contributed by atoms with Crippen LogP contribution in [0.2, 0.25) is 0 Å². The summed E-state index contributed by atoms with van der Waals surface area (Å²) in [6.45, 7) is 7.98. The Hall–Kier alpha value is 0.960. The van der Waals surface area contributed by atoms with Gasteiger partial charge in [-0.15, -0.1) is 23.2 Å². The molecule has 0 saturated carbocycles. The second kappa shape index (κ2) is 3.57. The van der Waals surface area contributed by atoms with E-state index in [1.807, 2.05) is 27.7 Å². The first-order chi connectivity index (χ1) is 4.27. The van der Waals surface area contributed by atoms with E-state index >= 15 is 0 Å². The van der Waals surface area contributed by atoms with Crippen LogP contribution in [0.3, 0.4) is 0 Å². The molecule has 0 heterocycles. The molecule has 0 saturated heterocycles. The topological polar surface area (TPSA) is 23.1 Å². The summed E-state index contributed by atoms with van der Waals surface area (Å²) in [6, 6.07) is 0. The van der Waals surface area contributed by atoms with Gasteiger partial charge in [-0.25, -0.2) is 0 Å². The lowest BCUT2D eigenvalue weighted by molar-refractivity contribution is -0.154. The Kier molecular flexibility index (Phi) is 3.92. The summed E-state index contributed by atoms with van der Waals surface area (Å²) in [5, 5.41) is 0. The van der Waals surface area contributed by atoms with Gasteiger partial charge in [0.2, 0.25) is 0 Å². The van der Waals surface area contributed by atoms with E-state index in [0.29, 0.717) is 6.16 Å². The molecule has 0 N–H and O–H groups in total. The first kappa shape index (κ1) is 11.0. The average Bonchev–Trinajstić information content (AvgIpc) is 1.60. The third-order valence-electron chi connectivity index (χ3n) is 0.800. The largest absolute Gasteiger partial charge is 0.813 e. The molecule has 0 aliphatic carbocycles. The Balaban J connectivity index is 4.03. The van der Waals surface area contributed by atoms with Crippen molar-refractivity contribution in [2.75, 3.05) is 6.16 Å². The van der Waals surface area contributed by atoms with E-state index in [0.717, 1.165) is 0 Å². The molecule has 0 aliphatic rings. The average molecular weight is 197 g/mol. The van der Waals surface area contributed by atoms with Crippen molar-refractivity contribution in [2.45, 2.75) is 32.4 Å². The molecule has 0 aromatic heterocycles. The van der Waals surface area contributed by atoms with Crippen molar-refractivity contribution >= 4 is 28.7 Å². The van der Waals surface area contributed by atoms with Crippen LogP contribution in [0.1, 0.15) is 27.7 Å². The van der Waals surface area contributed by atoms with Crippen LogP contribution in [0.25, 0.3) is 0 Å². The lowest BCUT2D eigenvalue weighted by Crippen LogP contribution is -2.11. The molecule has 0 radical (unpaired) electrons. The van der Waals surface area contributed by atoms with Gasteiger partial charge in [0.25, 0.3) is 0 Å². The molecule has 0 aromatic rings. The van der Waals surface area contributed by atoms with E-state index < -0.39 is 5.47 Å². The predicted octanol–water partition coefficient (Wildman–Crippen LogP) is 2.21. The zero-order valence-electron chi connectivity index (χ0n) is 6.88. The summed E-state index contributed by atoms with van der Waals surface area (Å²) in [6.07, 6.45) is 0.615. The van der Waals surface area contributed by atoms with Crippen LogP contribution in [0.15, 0.2) is 0 Å². The quantitative estimate of drug-likeness (QED) is 0.634. The molecule has 0 bridgehead atoms. The van der Waals surface area contributed by atoms with Gasteiger partial charge in [0, 0.05) is 4.75 Å². The van der Waals surface area contributed by atoms with Crippen molar-refractivity contribution in [3.05, 3.63) is 0 Å². The summed E-state index contributed by atoms with van der Waals surface area (Å²) in [5.41, 5.74) is -2.29. The Morgan fingerprint density at radius 2 is 1.90 bits per heavy atom. The number of rotatable bonds is 2. The molecule has 62 valence electrons. The molecule has 1 atom stereocenters. The highest BCUT2D eigenvalue weighted by Crippen LogP contribution is 2.56. The van der Waals surface area contributed by atoms with Crippen LogP contribution in [0.4, 0.5) is 0 Å². The molecular weight excluding hydrogens is 183 g/mol. The van der Waals surface area contributed by atoms with E-state index in [-0.39, 0.29) is 4.75 Å². The zero-order chi connectivity index (χ0) is 8.41. The van der Waals surface area contributed by atoms with Crippen molar-refractivity contribution < 1.29 is 4.89 Å². The fourth-order valence-corrected chi connectivity index (χ4v) is 6.35. The summed E-state index contributed by atoms with van der Waals surface area (Å²) >= 11 is 6.34. The molecule has 0 spiro atoms. The van der Waals surface area contributed by atoms with Crippen LogP contribution in [0.5, 0.6) is 0 Å². The summed E-state index contributed by atoms with van der Waals surface area (Å²) < 4.78 is 0.0350. The van der Waals surface area contributed by atoms with Gasteiger partial charge >= 0.3 is 0 Å². The molecule has 0 aromatic carbocycles. The minimum Gasteiger partial charge on any atom is -0.813 e. The molecule has 1 unspecified atom stereocenters. The van der Waals surface area contributed by atoms with Crippen molar-refractivity contribution in [3.8, 4) is 0 Å². The molecule has 10 heavy (non-hydrogen) atoms.